The summed E-state index contributed by atoms with van der Waals surface area (Å²) >= 11 is 0. The maximum Gasteiger partial charge on any atom is 0.168 e. The predicted octanol–water partition coefficient (Wildman–Crippen LogP) is 4.52. The lowest BCUT2D eigenvalue weighted by Crippen LogP contribution is -2.00. The van der Waals surface area contributed by atoms with Crippen molar-refractivity contribution in [1.82, 2.24) is 0 Å². The molecule has 2 nitrogen and oxygen atoms in total. The molecule has 0 aliphatic carbocycles. The summed E-state index contributed by atoms with van der Waals surface area (Å²) in [5, 5.41) is 0. The third kappa shape index (κ3) is 2.81. The number of ketones is 1. The standard InChI is InChI=1S/C16H15FO2/c1-3-13(18)12-8-4-5-9-14(12)19-15-10-6-7-11(2)16(15)17/h4-10H,3H2,1-2H3. The normalized spacial score (nSPS) is 10.3. The van der Waals surface area contributed by atoms with E-state index in [1.54, 1.807) is 56.3 Å². The van der Waals surface area contributed by atoms with E-state index in [0.29, 0.717) is 23.3 Å². The second-order valence-electron chi connectivity index (χ2n) is 4.26. The first-order chi connectivity index (χ1) is 9.13. The molecule has 0 N–H and O–H groups in total. The van der Waals surface area contributed by atoms with Crippen molar-refractivity contribution < 1.29 is 13.9 Å². The van der Waals surface area contributed by atoms with Crippen LogP contribution in [0.4, 0.5) is 4.39 Å². The van der Waals surface area contributed by atoms with Gasteiger partial charge in [-0.05, 0) is 30.7 Å². The molecule has 0 heterocycles. The molecule has 3 heteroatoms. The highest BCUT2D eigenvalue weighted by Crippen LogP contribution is 2.29. The first-order valence-corrected chi connectivity index (χ1v) is 6.18. The van der Waals surface area contributed by atoms with Crippen LogP contribution >= 0.6 is 0 Å². The third-order valence-corrected chi connectivity index (χ3v) is 2.88. The Balaban J connectivity index is 2.39. The van der Waals surface area contributed by atoms with Crippen LogP contribution in [0.15, 0.2) is 42.5 Å². The second kappa shape index (κ2) is 5.65. The van der Waals surface area contributed by atoms with Gasteiger partial charge in [-0.25, -0.2) is 4.39 Å². The molecule has 0 radical (unpaired) electrons. The predicted molar refractivity (Wildman–Crippen MR) is 72.3 cm³/mol. The van der Waals surface area contributed by atoms with E-state index in [9.17, 15) is 9.18 Å². The second-order valence-corrected chi connectivity index (χ2v) is 4.26. The van der Waals surface area contributed by atoms with Gasteiger partial charge in [-0.3, -0.25) is 4.79 Å². The highest BCUT2D eigenvalue weighted by molar-refractivity contribution is 5.98. The molecule has 2 rings (SSSR count). The van der Waals surface area contributed by atoms with Gasteiger partial charge in [0.15, 0.2) is 17.3 Å². The van der Waals surface area contributed by atoms with Crippen molar-refractivity contribution in [2.24, 2.45) is 0 Å². The Morgan fingerprint density at radius 3 is 2.53 bits per heavy atom. The summed E-state index contributed by atoms with van der Waals surface area (Å²) in [6.07, 6.45) is 0.386. The number of para-hydroxylation sites is 1. The maximum atomic E-state index is 13.9. The molecule has 0 unspecified atom stereocenters. The number of hydrogen-bond acceptors (Lipinski definition) is 2. The molecule has 0 bridgehead atoms. The van der Waals surface area contributed by atoms with Gasteiger partial charge in [-0.2, -0.15) is 0 Å². The topological polar surface area (TPSA) is 26.3 Å². The highest BCUT2D eigenvalue weighted by Gasteiger charge is 2.13. The van der Waals surface area contributed by atoms with E-state index >= 15 is 0 Å². The first-order valence-electron chi connectivity index (χ1n) is 6.18. The number of hydrogen-bond donors (Lipinski definition) is 0. The van der Waals surface area contributed by atoms with E-state index in [1.165, 1.54) is 0 Å². The smallest absolute Gasteiger partial charge is 0.168 e. The number of Topliss-reactive ketones (excluding diaryl/α,β-unsaturated/α-hetero) is 1. The fourth-order valence-corrected chi connectivity index (χ4v) is 1.79. The van der Waals surface area contributed by atoms with Gasteiger partial charge in [-0.15, -0.1) is 0 Å². The van der Waals surface area contributed by atoms with Crippen molar-refractivity contribution in [1.29, 1.82) is 0 Å². The largest absolute Gasteiger partial charge is 0.454 e. The van der Waals surface area contributed by atoms with Gasteiger partial charge >= 0.3 is 0 Å². The fourth-order valence-electron chi connectivity index (χ4n) is 1.79. The molecule has 0 amide bonds. The van der Waals surface area contributed by atoms with Crippen LogP contribution in [0, 0.1) is 12.7 Å². The summed E-state index contributed by atoms with van der Waals surface area (Å²) < 4.78 is 19.4. The number of benzene rings is 2. The Bertz CT molecular complexity index is 605. The number of ether oxygens (including phenoxy) is 1. The number of carbonyl (C=O) groups excluding carboxylic acids is 1. The Hall–Kier alpha value is -2.16. The molecular formula is C16H15FO2. The van der Waals surface area contributed by atoms with Crippen molar-refractivity contribution in [3.05, 3.63) is 59.4 Å². The van der Waals surface area contributed by atoms with Gasteiger partial charge in [0, 0.05) is 6.42 Å². The van der Waals surface area contributed by atoms with Crippen LogP contribution in [0.2, 0.25) is 0 Å². The van der Waals surface area contributed by atoms with Crippen molar-refractivity contribution >= 4 is 5.78 Å². The van der Waals surface area contributed by atoms with E-state index in [4.69, 9.17) is 4.74 Å². The molecule has 0 saturated heterocycles. The molecule has 0 aliphatic rings. The monoisotopic (exact) mass is 258 g/mol. The number of carbonyl (C=O) groups is 1. The van der Waals surface area contributed by atoms with Crippen molar-refractivity contribution in [2.45, 2.75) is 20.3 Å². The van der Waals surface area contributed by atoms with Crippen molar-refractivity contribution in [3.8, 4) is 11.5 Å². The lowest BCUT2D eigenvalue weighted by molar-refractivity contribution is 0.0986. The Morgan fingerprint density at radius 1 is 1.11 bits per heavy atom. The minimum Gasteiger partial charge on any atom is -0.454 e. The summed E-state index contributed by atoms with van der Waals surface area (Å²) in [6.45, 7) is 3.46. The molecule has 0 aromatic heterocycles. The van der Waals surface area contributed by atoms with Crippen LogP contribution in [0.25, 0.3) is 0 Å². The first kappa shape index (κ1) is 13.3. The van der Waals surface area contributed by atoms with E-state index < -0.39 is 5.82 Å². The van der Waals surface area contributed by atoms with Crippen LogP contribution in [-0.4, -0.2) is 5.78 Å². The minimum atomic E-state index is -0.402. The summed E-state index contributed by atoms with van der Waals surface area (Å²) in [7, 11) is 0. The Labute approximate surface area is 111 Å². The van der Waals surface area contributed by atoms with Crippen LogP contribution in [0.5, 0.6) is 11.5 Å². The Kier molecular flexibility index (Phi) is 3.95. The summed E-state index contributed by atoms with van der Waals surface area (Å²) in [4.78, 5) is 11.8. The summed E-state index contributed by atoms with van der Waals surface area (Å²) in [6, 6.07) is 11.8. The maximum absolute atomic E-state index is 13.9. The van der Waals surface area contributed by atoms with E-state index in [1.807, 2.05) is 0 Å². The van der Waals surface area contributed by atoms with E-state index in [2.05, 4.69) is 0 Å². The molecular weight excluding hydrogens is 243 g/mol. The van der Waals surface area contributed by atoms with Gasteiger partial charge in [-0.1, -0.05) is 31.2 Å². The fraction of sp³-hybridized carbons (Fsp3) is 0.188. The SMILES string of the molecule is CCC(=O)c1ccccc1Oc1cccc(C)c1F. The number of aryl methyl sites for hydroxylation is 1. The van der Waals surface area contributed by atoms with E-state index in [0.717, 1.165) is 0 Å². The Morgan fingerprint density at radius 2 is 1.79 bits per heavy atom. The van der Waals surface area contributed by atoms with Gasteiger partial charge in [0.1, 0.15) is 5.75 Å². The van der Waals surface area contributed by atoms with Crippen LogP contribution in [0.3, 0.4) is 0 Å². The lowest BCUT2D eigenvalue weighted by Gasteiger charge is -2.11. The molecule has 0 spiro atoms. The summed E-state index contributed by atoms with van der Waals surface area (Å²) in [5.41, 5.74) is 0.989. The van der Waals surface area contributed by atoms with Crippen molar-refractivity contribution in [2.75, 3.05) is 0 Å². The summed E-state index contributed by atoms with van der Waals surface area (Å²) in [5.74, 6) is 0.0973. The van der Waals surface area contributed by atoms with E-state index in [-0.39, 0.29) is 11.5 Å². The van der Waals surface area contributed by atoms with Gasteiger partial charge in [0.05, 0.1) is 5.56 Å². The molecule has 2 aromatic rings. The van der Waals surface area contributed by atoms with Gasteiger partial charge in [0.2, 0.25) is 0 Å². The minimum absolute atomic E-state index is 0.0244. The van der Waals surface area contributed by atoms with Crippen LogP contribution < -0.4 is 4.74 Å². The van der Waals surface area contributed by atoms with Gasteiger partial charge < -0.3 is 4.74 Å². The molecule has 2 aromatic carbocycles. The van der Waals surface area contributed by atoms with Crippen molar-refractivity contribution in [3.63, 3.8) is 0 Å². The van der Waals surface area contributed by atoms with Crippen LogP contribution in [-0.2, 0) is 0 Å². The molecule has 0 fully saturated rings. The molecule has 19 heavy (non-hydrogen) atoms. The zero-order valence-corrected chi connectivity index (χ0v) is 10.9. The highest BCUT2D eigenvalue weighted by atomic mass is 19.1. The average Bonchev–Trinajstić information content (AvgIpc) is 2.43. The molecule has 98 valence electrons. The quantitative estimate of drug-likeness (QED) is 0.754. The lowest BCUT2D eigenvalue weighted by atomic mass is 10.1. The molecule has 0 aliphatic heterocycles. The third-order valence-electron chi connectivity index (χ3n) is 2.88. The zero-order valence-electron chi connectivity index (χ0n) is 10.9. The number of rotatable bonds is 4. The number of halogens is 1. The van der Waals surface area contributed by atoms with Gasteiger partial charge in [0.25, 0.3) is 0 Å². The molecule has 0 saturated carbocycles. The average molecular weight is 258 g/mol. The molecule has 0 atom stereocenters. The van der Waals surface area contributed by atoms with Crippen LogP contribution in [0.1, 0.15) is 29.3 Å². The zero-order chi connectivity index (χ0) is 13.8.